The van der Waals surface area contributed by atoms with Crippen LogP contribution in [-0.2, 0) is 4.79 Å². The maximum atomic E-state index is 12.2. The molecular formula is C16H15ClINO2. The Bertz CT molecular complexity index is 660. The SMILES string of the molecule is Cc1ccc(Cl)c(OC(C)C(=O)Nc2ccccc2I)c1. The number of benzene rings is 2. The number of para-hydroxylation sites is 1. The molecule has 0 radical (unpaired) electrons. The number of nitrogens with one attached hydrogen (secondary N) is 1. The third-order valence-electron chi connectivity index (χ3n) is 2.89. The van der Waals surface area contributed by atoms with Gasteiger partial charge in [0.2, 0.25) is 0 Å². The standard InChI is InChI=1S/C16H15ClINO2/c1-10-7-8-12(17)15(9-10)21-11(2)16(20)19-14-6-4-3-5-13(14)18/h3-9,11H,1-2H3,(H,19,20). The topological polar surface area (TPSA) is 38.3 Å². The molecule has 1 atom stereocenters. The summed E-state index contributed by atoms with van der Waals surface area (Å²) in [6, 6.07) is 13.1. The molecular weight excluding hydrogens is 401 g/mol. The fourth-order valence-electron chi connectivity index (χ4n) is 1.74. The molecule has 21 heavy (non-hydrogen) atoms. The van der Waals surface area contributed by atoms with Crippen molar-refractivity contribution >= 4 is 45.8 Å². The molecule has 0 fully saturated rings. The summed E-state index contributed by atoms with van der Waals surface area (Å²) in [5.74, 6) is 0.304. The lowest BCUT2D eigenvalue weighted by atomic mass is 10.2. The number of amides is 1. The number of halogens is 2. The quantitative estimate of drug-likeness (QED) is 0.738. The molecule has 1 unspecified atom stereocenters. The van der Waals surface area contributed by atoms with Crippen molar-refractivity contribution in [2.45, 2.75) is 20.0 Å². The summed E-state index contributed by atoms with van der Waals surface area (Å²) < 4.78 is 6.63. The molecule has 0 heterocycles. The summed E-state index contributed by atoms with van der Waals surface area (Å²) in [6.07, 6.45) is -0.639. The average molecular weight is 416 g/mol. The average Bonchev–Trinajstić information content (AvgIpc) is 2.45. The van der Waals surface area contributed by atoms with Crippen molar-refractivity contribution in [3.63, 3.8) is 0 Å². The van der Waals surface area contributed by atoms with Gasteiger partial charge >= 0.3 is 0 Å². The third kappa shape index (κ3) is 4.35. The number of rotatable bonds is 4. The van der Waals surface area contributed by atoms with Gasteiger partial charge in [-0.1, -0.05) is 29.8 Å². The van der Waals surface area contributed by atoms with E-state index >= 15 is 0 Å². The lowest BCUT2D eigenvalue weighted by molar-refractivity contribution is -0.122. The molecule has 110 valence electrons. The van der Waals surface area contributed by atoms with Crippen LogP contribution in [0.3, 0.4) is 0 Å². The third-order valence-corrected chi connectivity index (χ3v) is 4.14. The van der Waals surface area contributed by atoms with Crippen molar-refractivity contribution in [2.75, 3.05) is 5.32 Å². The van der Waals surface area contributed by atoms with E-state index in [0.29, 0.717) is 10.8 Å². The van der Waals surface area contributed by atoms with Gasteiger partial charge in [-0.25, -0.2) is 0 Å². The van der Waals surface area contributed by atoms with E-state index in [0.717, 1.165) is 14.8 Å². The van der Waals surface area contributed by atoms with Gasteiger partial charge < -0.3 is 10.1 Å². The number of hydrogen-bond acceptors (Lipinski definition) is 2. The number of hydrogen-bond donors (Lipinski definition) is 1. The first-order valence-corrected chi connectivity index (χ1v) is 7.91. The summed E-state index contributed by atoms with van der Waals surface area (Å²) in [5, 5.41) is 3.34. The molecule has 0 saturated carbocycles. The lowest BCUT2D eigenvalue weighted by Crippen LogP contribution is -2.30. The first-order valence-electron chi connectivity index (χ1n) is 6.45. The molecule has 0 bridgehead atoms. The van der Waals surface area contributed by atoms with E-state index in [4.69, 9.17) is 16.3 Å². The second kappa shape index (κ2) is 7.13. The molecule has 2 aromatic rings. The van der Waals surface area contributed by atoms with Gasteiger partial charge in [0.15, 0.2) is 6.10 Å². The van der Waals surface area contributed by atoms with Crippen molar-refractivity contribution in [2.24, 2.45) is 0 Å². The fourth-order valence-corrected chi connectivity index (χ4v) is 2.43. The Morgan fingerprint density at radius 1 is 1.29 bits per heavy atom. The van der Waals surface area contributed by atoms with Crippen LogP contribution in [0.1, 0.15) is 12.5 Å². The van der Waals surface area contributed by atoms with E-state index in [1.54, 1.807) is 13.0 Å². The molecule has 0 aliphatic rings. The van der Waals surface area contributed by atoms with Crippen LogP contribution in [0, 0.1) is 10.5 Å². The molecule has 1 N–H and O–H groups in total. The second-order valence-corrected chi connectivity index (χ2v) is 6.23. The lowest BCUT2D eigenvalue weighted by Gasteiger charge is -2.16. The summed E-state index contributed by atoms with van der Waals surface area (Å²) in [6.45, 7) is 3.64. The second-order valence-electron chi connectivity index (χ2n) is 4.66. The summed E-state index contributed by atoms with van der Waals surface area (Å²) in [7, 11) is 0. The van der Waals surface area contributed by atoms with Gasteiger partial charge in [0.05, 0.1) is 10.7 Å². The van der Waals surface area contributed by atoms with Crippen molar-refractivity contribution < 1.29 is 9.53 Å². The molecule has 2 rings (SSSR count). The van der Waals surface area contributed by atoms with Gasteiger partial charge in [0.25, 0.3) is 5.91 Å². The van der Waals surface area contributed by atoms with Gasteiger partial charge in [-0.15, -0.1) is 0 Å². The molecule has 2 aromatic carbocycles. The highest BCUT2D eigenvalue weighted by Crippen LogP contribution is 2.26. The van der Waals surface area contributed by atoms with Gasteiger partial charge in [0.1, 0.15) is 5.75 Å². The molecule has 0 saturated heterocycles. The number of aryl methyl sites for hydroxylation is 1. The Morgan fingerprint density at radius 2 is 2.00 bits per heavy atom. The van der Waals surface area contributed by atoms with Gasteiger partial charge in [-0.3, -0.25) is 4.79 Å². The Hall–Kier alpha value is -1.27. The van der Waals surface area contributed by atoms with Crippen LogP contribution < -0.4 is 10.1 Å². The van der Waals surface area contributed by atoms with Crippen LogP contribution in [0.5, 0.6) is 5.75 Å². The predicted octanol–water partition coefficient (Wildman–Crippen LogP) is 4.66. The van der Waals surface area contributed by atoms with Crippen LogP contribution in [0.2, 0.25) is 5.02 Å². The van der Waals surface area contributed by atoms with E-state index in [9.17, 15) is 4.79 Å². The Labute approximate surface area is 142 Å². The highest BCUT2D eigenvalue weighted by Gasteiger charge is 2.17. The predicted molar refractivity (Wildman–Crippen MR) is 94.1 cm³/mol. The molecule has 0 aliphatic carbocycles. The zero-order chi connectivity index (χ0) is 15.4. The van der Waals surface area contributed by atoms with Crippen LogP contribution in [0.4, 0.5) is 5.69 Å². The van der Waals surface area contributed by atoms with E-state index in [-0.39, 0.29) is 5.91 Å². The van der Waals surface area contributed by atoms with Crippen molar-refractivity contribution in [1.29, 1.82) is 0 Å². The van der Waals surface area contributed by atoms with Crippen molar-refractivity contribution in [3.05, 3.63) is 56.6 Å². The maximum absolute atomic E-state index is 12.2. The highest BCUT2D eigenvalue weighted by atomic mass is 127. The molecule has 1 amide bonds. The Balaban J connectivity index is 2.06. The van der Waals surface area contributed by atoms with Crippen LogP contribution >= 0.6 is 34.2 Å². The maximum Gasteiger partial charge on any atom is 0.265 e. The Kier molecular flexibility index (Phi) is 5.47. The van der Waals surface area contributed by atoms with Gasteiger partial charge in [0, 0.05) is 3.57 Å². The van der Waals surface area contributed by atoms with Crippen LogP contribution in [-0.4, -0.2) is 12.0 Å². The smallest absolute Gasteiger partial charge is 0.265 e. The molecule has 0 spiro atoms. The molecule has 5 heteroatoms. The monoisotopic (exact) mass is 415 g/mol. The molecule has 3 nitrogen and oxygen atoms in total. The molecule has 0 aliphatic heterocycles. The first kappa shape index (κ1) is 16.1. The zero-order valence-corrected chi connectivity index (χ0v) is 14.6. The first-order chi connectivity index (χ1) is 9.97. The van der Waals surface area contributed by atoms with E-state index < -0.39 is 6.10 Å². The van der Waals surface area contributed by atoms with Crippen molar-refractivity contribution in [3.8, 4) is 5.75 Å². The number of carbonyl (C=O) groups excluding carboxylic acids is 1. The Morgan fingerprint density at radius 3 is 2.71 bits per heavy atom. The highest BCUT2D eigenvalue weighted by molar-refractivity contribution is 14.1. The van der Waals surface area contributed by atoms with Gasteiger partial charge in [-0.2, -0.15) is 0 Å². The zero-order valence-electron chi connectivity index (χ0n) is 11.7. The summed E-state index contributed by atoms with van der Waals surface area (Å²) >= 11 is 8.25. The largest absolute Gasteiger partial charge is 0.479 e. The molecule has 0 aromatic heterocycles. The minimum atomic E-state index is -0.639. The fraction of sp³-hybridized carbons (Fsp3) is 0.188. The van der Waals surface area contributed by atoms with E-state index in [1.807, 2.05) is 43.3 Å². The summed E-state index contributed by atoms with van der Waals surface area (Å²) in [4.78, 5) is 12.2. The van der Waals surface area contributed by atoms with E-state index in [2.05, 4.69) is 27.9 Å². The number of ether oxygens (including phenoxy) is 1. The minimum absolute atomic E-state index is 0.211. The number of anilines is 1. The normalized spacial score (nSPS) is 11.8. The number of carbonyl (C=O) groups is 1. The van der Waals surface area contributed by atoms with E-state index in [1.165, 1.54) is 0 Å². The summed E-state index contributed by atoms with van der Waals surface area (Å²) in [5.41, 5.74) is 1.80. The van der Waals surface area contributed by atoms with Crippen LogP contribution in [0.15, 0.2) is 42.5 Å². The van der Waals surface area contributed by atoms with Crippen LogP contribution in [0.25, 0.3) is 0 Å². The van der Waals surface area contributed by atoms with Gasteiger partial charge in [-0.05, 0) is 66.3 Å². The minimum Gasteiger partial charge on any atom is -0.479 e. The van der Waals surface area contributed by atoms with Crippen molar-refractivity contribution in [1.82, 2.24) is 0 Å².